The first-order chi connectivity index (χ1) is 8.60. The molecule has 7 nitrogen and oxygen atoms in total. The van der Waals surface area contributed by atoms with Crippen LogP contribution in [-0.2, 0) is 23.9 Å². The topological polar surface area (TPSA) is 105 Å². The number of carbonyl (C=O) groups is 3. The first-order valence-electron chi connectivity index (χ1n) is 5.25. The summed E-state index contributed by atoms with van der Waals surface area (Å²) in [6.45, 7) is 1.58. The van der Waals surface area contributed by atoms with Gasteiger partial charge in [0.05, 0.1) is 19.1 Å². The van der Waals surface area contributed by atoms with Gasteiger partial charge in [-0.2, -0.15) is 5.26 Å². The number of nitrogens with zero attached hydrogens (tertiary/aromatic N) is 1. The summed E-state index contributed by atoms with van der Waals surface area (Å²) in [5, 5.41) is 10.6. The van der Waals surface area contributed by atoms with Gasteiger partial charge in [0.15, 0.2) is 6.61 Å². The molecule has 0 saturated heterocycles. The number of rotatable bonds is 7. The molecule has 7 heteroatoms. The second kappa shape index (κ2) is 9.84. The fourth-order valence-corrected chi connectivity index (χ4v) is 0.820. The van der Waals surface area contributed by atoms with E-state index in [0.29, 0.717) is 0 Å². The first kappa shape index (κ1) is 15.6. The van der Waals surface area contributed by atoms with E-state index in [1.54, 1.807) is 6.92 Å². The van der Waals surface area contributed by atoms with Crippen LogP contribution in [0.1, 0.15) is 13.3 Å². The summed E-state index contributed by atoms with van der Waals surface area (Å²) >= 11 is 0. The van der Waals surface area contributed by atoms with Crippen LogP contribution in [0, 0.1) is 11.3 Å². The van der Waals surface area contributed by atoms with Gasteiger partial charge in [0.25, 0.3) is 5.91 Å². The van der Waals surface area contributed by atoms with Gasteiger partial charge in [-0.05, 0) is 6.92 Å². The molecule has 0 atom stereocenters. The van der Waals surface area contributed by atoms with Crippen LogP contribution in [0.25, 0.3) is 0 Å². The summed E-state index contributed by atoms with van der Waals surface area (Å²) in [5.41, 5.74) is 0. The number of nitrogens with one attached hydrogen (secondary N) is 1. The van der Waals surface area contributed by atoms with Crippen LogP contribution in [0.5, 0.6) is 0 Å². The molecule has 0 fully saturated rings. The van der Waals surface area contributed by atoms with Crippen LogP contribution in [0.2, 0.25) is 0 Å². The average Bonchev–Trinajstić information content (AvgIpc) is 2.34. The number of hydrogen-bond acceptors (Lipinski definition) is 6. The first-order valence-corrected chi connectivity index (χ1v) is 5.25. The van der Waals surface area contributed by atoms with Crippen molar-refractivity contribution in [1.82, 2.24) is 5.32 Å². The summed E-state index contributed by atoms with van der Waals surface area (Å²) in [4.78, 5) is 32.9. The monoisotopic (exact) mass is 254 g/mol. The molecule has 18 heavy (non-hydrogen) atoms. The summed E-state index contributed by atoms with van der Waals surface area (Å²) < 4.78 is 9.07. The second-order valence-corrected chi connectivity index (χ2v) is 2.95. The third kappa shape index (κ3) is 8.91. The van der Waals surface area contributed by atoms with Gasteiger partial charge < -0.3 is 14.8 Å². The lowest BCUT2D eigenvalue weighted by molar-refractivity contribution is -0.144. The molecule has 98 valence electrons. The van der Waals surface area contributed by atoms with Gasteiger partial charge in [-0.15, -0.1) is 0 Å². The Balaban J connectivity index is 3.80. The van der Waals surface area contributed by atoms with Gasteiger partial charge in [-0.25, -0.2) is 9.59 Å². The van der Waals surface area contributed by atoms with Crippen molar-refractivity contribution in [2.75, 3.05) is 19.8 Å². The lowest BCUT2D eigenvalue weighted by Crippen LogP contribution is -2.29. The molecule has 0 aromatic rings. The highest BCUT2D eigenvalue weighted by molar-refractivity contribution is 5.92. The van der Waals surface area contributed by atoms with E-state index in [9.17, 15) is 14.4 Å². The maximum absolute atomic E-state index is 11.0. The molecule has 0 aromatic heterocycles. The molecule has 0 aromatic carbocycles. The molecule has 0 aliphatic carbocycles. The normalized spacial score (nSPS) is 9.56. The average molecular weight is 254 g/mol. The van der Waals surface area contributed by atoms with E-state index < -0.39 is 24.5 Å². The van der Waals surface area contributed by atoms with Crippen molar-refractivity contribution >= 4 is 17.8 Å². The van der Waals surface area contributed by atoms with E-state index in [1.165, 1.54) is 0 Å². The van der Waals surface area contributed by atoms with Crippen LogP contribution in [0.4, 0.5) is 0 Å². The van der Waals surface area contributed by atoms with Crippen LogP contribution in [-0.4, -0.2) is 37.6 Å². The fraction of sp³-hybridized carbons (Fsp3) is 0.455. The SMILES string of the molecule is CCOC(=O)/C=C/C(=O)OCC(=O)NCCC#N. The predicted octanol–water partition coefficient (Wildman–Crippen LogP) is -0.321. The van der Waals surface area contributed by atoms with Gasteiger partial charge in [0, 0.05) is 18.7 Å². The van der Waals surface area contributed by atoms with E-state index in [0.717, 1.165) is 12.2 Å². The van der Waals surface area contributed by atoms with Crippen molar-refractivity contribution in [2.45, 2.75) is 13.3 Å². The second-order valence-electron chi connectivity index (χ2n) is 2.95. The molecular weight excluding hydrogens is 240 g/mol. The highest BCUT2D eigenvalue weighted by atomic mass is 16.5. The number of hydrogen-bond donors (Lipinski definition) is 1. The Morgan fingerprint density at radius 1 is 1.22 bits per heavy atom. The minimum Gasteiger partial charge on any atom is -0.463 e. The number of ether oxygens (including phenoxy) is 2. The van der Waals surface area contributed by atoms with Gasteiger partial charge in [0.2, 0.25) is 0 Å². The van der Waals surface area contributed by atoms with Crippen molar-refractivity contribution in [1.29, 1.82) is 5.26 Å². The zero-order chi connectivity index (χ0) is 13.8. The Morgan fingerprint density at radius 2 is 1.83 bits per heavy atom. The number of carbonyl (C=O) groups excluding carboxylic acids is 3. The third-order valence-corrected chi connectivity index (χ3v) is 1.55. The van der Waals surface area contributed by atoms with Crippen LogP contribution < -0.4 is 5.32 Å². The van der Waals surface area contributed by atoms with Crippen molar-refractivity contribution in [3.63, 3.8) is 0 Å². The number of esters is 2. The highest BCUT2D eigenvalue weighted by Crippen LogP contribution is 1.86. The molecule has 0 heterocycles. The van der Waals surface area contributed by atoms with E-state index in [4.69, 9.17) is 5.26 Å². The Hall–Kier alpha value is -2.36. The molecule has 0 rings (SSSR count). The Bertz CT molecular complexity index is 370. The lowest BCUT2D eigenvalue weighted by atomic mass is 10.4. The molecule has 1 amide bonds. The van der Waals surface area contributed by atoms with Crippen molar-refractivity contribution in [3.05, 3.63) is 12.2 Å². The largest absolute Gasteiger partial charge is 0.463 e. The molecule has 0 saturated carbocycles. The summed E-state index contributed by atoms with van der Waals surface area (Å²) in [6, 6.07) is 1.85. The quantitative estimate of drug-likeness (QED) is 0.379. The Labute approximate surface area is 104 Å². The molecule has 0 aliphatic rings. The minimum absolute atomic E-state index is 0.183. The molecule has 0 bridgehead atoms. The molecule has 0 unspecified atom stereocenters. The van der Waals surface area contributed by atoms with Crippen LogP contribution in [0.15, 0.2) is 12.2 Å². The number of amides is 1. The standard InChI is InChI=1S/C11H14N2O5/c1-2-17-10(15)4-5-11(16)18-8-9(14)13-7-3-6-12/h4-5H,2-3,7-8H2,1H3,(H,13,14)/b5-4+. The fourth-order valence-electron chi connectivity index (χ4n) is 0.820. The molecule has 0 spiro atoms. The zero-order valence-electron chi connectivity index (χ0n) is 9.97. The maximum atomic E-state index is 11.0. The van der Waals surface area contributed by atoms with Gasteiger partial charge >= 0.3 is 11.9 Å². The Morgan fingerprint density at radius 3 is 2.39 bits per heavy atom. The zero-order valence-corrected chi connectivity index (χ0v) is 9.97. The van der Waals surface area contributed by atoms with Crippen molar-refractivity contribution in [3.8, 4) is 6.07 Å². The minimum atomic E-state index is -0.821. The molecule has 1 N–H and O–H groups in total. The molecular formula is C11H14N2O5. The van der Waals surface area contributed by atoms with E-state index in [1.807, 2.05) is 6.07 Å². The molecule has 0 radical (unpaired) electrons. The summed E-state index contributed by atoms with van der Waals surface area (Å²) in [5.74, 6) is -1.99. The van der Waals surface area contributed by atoms with Gasteiger partial charge in [-0.1, -0.05) is 0 Å². The smallest absolute Gasteiger partial charge is 0.331 e. The van der Waals surface area contributed by atoms with E-state index >= 15 is 0 Å². The maximum Gasteiger partial charge on any atom is 0.331 e. The highest BCUT2D eigenvalue weighted by Gasteiger charge is 2.04. The van der Waals surface area contributed by atoms with Crippen molar-refractivity contribution in [2.24, 2.45) is 0 Å². The third-order valence-electron chi connectivity index (χ3n) is 1.55. The van der Waals surface area contributed by atoms with Crippen molar-refractivity contribution < 1.29 is 23.9 Å². The summed E-state index contributed by atoms with van der Waals surface area (Å²) in [6.07, 6.45) is 1.97. The predicted molar refractivity (Wildman–Crippen MR) is 60.0 cm³/mol. The lowest BCUT2D eigenvalue weighted by Gasteiger charge is -2.02. The Kier molecular flexibility index (Phi) is 8.55. The van der Waals surface area contributed by atoms with Gasteiger partial charge in [-0.3, -0.25) is 4.79 Å². The van der Waals surface area contributed by atoms with E-state index in [2.05, 4.69) is 14.8 Å². The van der Waals surface area contributed by atoms with Crippen LogP contribution >= 0.6 is 0 Å². The van der Waals surface area contributed by atoms with E-state index in [-0.39, 0.29) is 19.6 Å². The summed E-state index contributed by atoms with van der Waals surface area (Å²) in [7, 11) is 0. The van der Waals surface area contributed by atoms with Gasteiger partial charge in [0.1, 0.15) is 0 Å². The number of nitriles is 1. The molecule has 0 aliphatic heterocycles. The van der Waals surface area contributed by atoms with Crippen LogP contribution in [0.3, 0.4) is 0 Å².